The van der Waals surface area contributed by atoms with Crippen molar-refractivity contribution >= 4 is 11.6 Å². The first-order valence-corrected chi connectivity index (χ1v) is 8.35. The van der Waals surface area contributed by atoms with Crippen molar-refractivity contribution in [2.24, 2.45) is 5.92 Å². The molecule has 0 unspecified atom stereocenters. The highest BCUT2D eigenvalue weighted by Crippen LogP contribution is 2.19. The molecular weight excluding hydrogens is 305 g/mol. The summed E-state index contributed by atoms with van der Waals surface area (Å²) >= 11 is 0. The molecule has 0 saturated carbocycles. The summed E-state index contributed by atoms with van der Waals surface area (Å²) in [4.78, 5) is 18.6. The first-order chi connectivity index (χ1) is 11.6. The van der Waals surface area contributed by atoms with E-state index in [4.69, 9.17) is 0 Å². The van der Waals surface area contributed by atoms with Crippen molar-refractivity contribution in [1.82, 2.24) is 9.88 Å². The Morgan fingerprint density at radius 2 is 2.04 bits per heavy atom. The minimum absolute atomic E-state index is 0.0175. The second kappa shape index (κ2) is 7.43. The average molecular weight is 327 g/mol. The zero-order valence-corrected chi connectivity index (χ0v) is 13.8. The number of nitrogens with one attached hydrogen (secondary N) is 1. The fourth-order valence-electron chi connectivity index (χ4n) is 2.89. The van der Waals surface area contributed by atoms with Gasteiger partial charge in [-0.25, -0.2) is 4.39 Å². The lowest BCUT2D eigenvalue weighted by Gasteiger charge is -2.30. The standard InChI is InChI=1S/C19H22FN3O/c1-14-6-8-23(9-7-14)19(24)16-10-17(13-21-11-16)22-12-15-4-2-3-5-18(15)20/h2-5,10-11,13-14,22H,6-9,12H2,1H3. The second-order valence-electron chi connectivity index (χ2n) is 6.38. The molecule has 5 heteroatoms. The van der Waals surface area contributed by atoms with Crippen LogP contribution in [0.5, 0.6) is 0 Å². The number of halogens is 1. The van der Waals surface area contributed by atoms with E-state index in [2.05, 4.69) is 17.2 Å². The number of pyridine rings is 1. The maximum Gasteiger partial charge on any atom is 0.255 e. The third-order valence-electron chi connectivity index (χ3n) is 4.50. The van der Waals surface area contributed by atoms with Crippen molar-refractivity contribution in [3.63, 3.8) is 0 Å². The summed E-state index contributed by atoms with van der Waals surface area (Å²) < 4.78 is 13.7. The predicted octanol–water partition coefficient (Wildman–Crippen LogP) is 3.70. The van der Waals surface area contributed by atoms with Gasteiger partial charge < -0.3 is 10.2 Å². The Balaban J connectivity index is 1.65. The highest BCUT2D eigenvalue weighted by molar-refractivity contribution is 5.94. The molecule has 1 saturated heterocycles. The van der Waals surface area contributed by atoms with Gasteiger partial charge in [0.1, 0.15) is 5.82 Å². The van der Waals surface area contributed by atoms with E-state index < -0.39 is 0 Å². The summed E-state index contributed by atoms with van der Waals surface area (Å²) in [5, 5.41) is 3.13. The van der Waals surface area contributed by atoms with Crippen molar-refractivity contribution in [3.05, 3.63) is 59.7 Å². The number of aromatic nitrogens is 1. The Morgan fingerprint density at radius 3 is 2.79 bits per heavy atom. The topological polar surface area (TPSA) is 45.2 Å². The number of benzene rings is 1. The smallest absolute Gasteiger partial charge is 0.255 e. The highest BCUT2D eigenvalue weighted by Gasteiger charge is 2.21. The fourth-order valence-corrected chi connectivity index (χ4v) is 2.89. The Labute approximate surface area is 141 Å². The molecule has 3 rings (SSSR count). The van der Waals surface area contributed by atoms with Crippen molar-refractivity contribution in [3.8, 4) is 0 Å². The van der Waals surface area contributed by atoms with Crippen LogP contribution in [0.4, 0.5) is 10.1 Å². The number of hydrogen-bond donors (Lipinski definition) is 1. The van der Waals surface area contributed by atoms with Gasteiger partial charge in [-0.05, 0) is 30.9 Å². The van der Waals surface area contributed by atoms with Crippen molar-refractivity contribution < 1.29 is 9.18 Å². The number of piperidine rings is 1. The minimum Gasteiger partial charge on any atom is -0.380 e. The van der Waals surface area contributed by atoms with E-state index in [9.17, 15) is 9.18 Å². The van der Waals surface area contributed by atoms with E-state index in [0.717, 1.165) is 31.6 Å². The predicted molar refractivity (Wildman–Crippen MR) is 92.3 cm³/mol. The summed E-state index contributed by atoms with van der Waals surface area (Å²) in [5.41, 5.74) is 1.87. The van der Waals surface area contributed by atoms with E-state index in [1.165, 1.54) is 6.07 Å². The molecule has 1 aromatic carbocycles. The lowest BCUT2D eigenvalue weighted by molar-refractivity contribution is 0.0697. The van der Waals surface area contributed by atoms with Gasteiger partial charge >= 0.3 is 0 Å². The summed E-state index contributed by atoms with van der Waals surface area (Å²) in [7, 11) is 0. The van der Waals surface area contributed by atoms with Crippen LogP contribution >= 0.6 is 0 Å². The molecule has 0 spiro atoms. The third-order valence-corrected chi connectivity index (χ3v) is 4.50. The molecule has 0 aliphatic carbocycles. The summed E-state index contributed by atoms with van der Waals surface area (Å²) in [6.07, 6.45) is 5.33. The number of amides is 1. The van der Waals surface area contributed by atoms with Gasteiger partial charge in [-0.3, -0.25) is 9.78 Å². The van der Waals surface area contributed by atoms with Gasteiger partial charge in [0, 0.05) is 37.6 Å². The second-order valence-corrected chi connectivity index (χ2v) is 6.38. The van der Waals surface area contributed by atoms with Crippen LogP contribution in [0.3, 0.4) is 0 Å². The zero-order chi connectivity index (χ0) is 16.9. The third kappa shape index (κ3) is 3.91. The van der Waals surface area contributed by atoms with E-state index in [1.54, 1.807) is 36.7 Å². The largest absolute Gasteiger partial charge is 0.380 e. The number of anilines is 1. The van der Waals surface area contributed by atoms with E-state index in [0.29, 0.717) is 23.6 Å². The summed E-state index contributed by atoms with van der Waals surface area (Å²) in [6.45, 7) is 4.17. The molecule has 1 N–H and O–H groups in total. The SMILES string of the molecule is CC1CCN(C(=O)c2cncc(NCc3ccccc3F)c2)CC1. The van der Waals surface area contributed by atoms with Gasteiger partial charge in [0.25, 0.3) is 5.91 Å². The molecule has 0 radical (unpaired) electrons. The maximum atomic E-state index is 13.7. The Bertz CT molecular complexity index is 711. The molecule has 126 valence electrons. The number of rotatable bonds is 4. The fraction of sp³-hybridized carbons (Fsp3) is 0.368. The number of carbonyl (C=O) groups is 1. The molecule has 1 fully saturated rings. The van der Waals surface area contributed by atoms with Gasteiger partial charge in [-0.1, -0.05) is 25.1 Å². The van der Waals surface area contributed by atoms with Gasteiger partial charge in [0.05, 0.1) is 11.3 Å². The average Bonchev–Trinajstić information content (AvgIpc) is 2.61. The molecule has 1 aromatic heterocycles. The van der Waals surface area contributed by atoms with Crippen LogP contribution in [0.2, 0.25) is 0 Å². The molecule has 2 aromatic rings. The Morgan fingerprint density at radius 1 is 1.29 bits per heavy atom. The van der Waals surface area contributed by atoms with Gasteiger partial charge in [-0.2, -0.15) is 0 Å². The van der Waals surface area contributed by atoms with Crippen LogP contribution in [-0.4, -0.2) is 28.9 Å². The molecule has 0 bridgehead atoms. The first kappa shape index (κ1) is 16.4. The number of likely N-dealkylation sites (tertiary alicyclic amines) is 1. The normalized spacial score (nSPS) is 15.3. The Hall–Kier alpha value is -2.43. The minimum atomic E-state index is -0.243. The number of carbonyl (C=O) groups excluding carboxylic acids is 1. The molecule has 4 nitrogen and oxygen atoms in total. The van der Waals surface area contributed by atoms with Gasteiger partial charge in [-0.15, -0.1) is 0 Å². The lowest BCUT2D eigenvalue weighted by Crippen LogP contribution is -2.37. The summed E-state index contributed by atoms with van der Waals surface area (Å²) in [6, 6.07) is 8.43. The quantitative estimate of drug-likeness (QED) is 0.931. The van der Waals surface area contributed by atoms with Crippen LogP contribution in [0.25, 0.3) is 0 Å². The van der Waals surface area contributed by atoms with E-state index in [1.807, 2.05) is 4.90 Å². The molecule has 1 aliphatic rings. The summed E-state index contributed by atoms with van der Waals surface area (Å²) in [5.74, 6) is 0.456. The molecule has 1 aliphatic heterocycles. The van der Waals surface area contributed by atoms with Crippen LogP contribution in [0.15, 0.2) is 42.7 Å². The van der Waals surface area contributed by atoms with Crippen molar-refractivity contribution in [2.45, 2.75) is 26.3 Å². The van der Waals surface area contributed by atoms with Gasteiger partial charge in [0.15, 0.2) is 0 Å². The number of nitrogens with zero attached hydrogens (tertiary/aromatic N) is 2. The van der Waals surface area contributed by atoms with Crippen molar-refractivity contribution in [1.29, 1.82) is 0 Å². The number of hydrogen-bond acceptors (Lipinski definition) is 3. The lowest BCUT2D eigenvalue weighted by atomic mass is 9.99. The van der Waals surface area contributed by atoms with Crippen molar-refractivity contribution in [2.75, 3.05) is 18.4 Å². The van der Waals surface area contributed by atoms with E-state index >= 15 is 0 Å². The zero-order valence-electron chi connectivity index (χ0n) is 13.8. The van der Waals surface area contributed by atoms with Crippen LogP contribution in [0, 0.1) is 11.7 Å². The molecular formula is C19H22FN3O. The van der Waals surface area contributed by atoms with Crippen LogP contribution < -0.4 is 5.32 Å². The highest BCUT2D eigenvalue weighted by atomic mass is 19.1. The van der Waals surface area contributed by atoms with Crippen LogP contribution in [-0.2, 0) is 6.54 Å². The van der Waals surface area contributed by atoms with Gasteiger partial charge in [0.2, 0.25) is 0 Å². The molecule has 1 amide bonds. The van der Waals surface area contributed by atoms with Crippen LogP contribution in [0.1, 0.15) is 35.7 Å². The Kier molecular flexibility index (Phi) is 5.08. The van der Waals surface area contributed by atoms with E-state index in [-0.39, 0.29) is 11.7 Å². The molecule has 0 atom stereocenters. The first-order valence-electron chi connectivity index (χ1n) is 8.35. The maximum absolute atomic E-state index is 13.7. The monoisotopic (exact) mass is 327 g/mol. The molecule has 2 heterocycles. The molecule has 24 heavy (non-hydrogen) atoms.